The first kappa shape index (κ1) is 23.6. The Morgan fingerprint density at radius 2 is 1.57 bits per heavy atom. The molecule has 0 amide bonds. The van der Waals surface area contributed by atoms with Crippen LogP contribution in [-0.4, -0.2) is 32.5 Å². The van der Waals surface area contributed by atoms with E-state index in [4.69, 9.17) is 23.2 Å². The molecule has 178 valence electrons. The summed E-state index contributed by atoms with van der Waals surface area (Å²) in [5.74, 6) is 0.350. The minimum Gasteiger partial charge on any atom is -0.435 e. The highest BCUT2D eigenvalue weighted by molar-refractivity contribution is 8.00. The topological polar surface area (TPSA) is 69.0 Å². The van der Waals surface area contributed by atoms with Crippen LogP contribution in [0.25, 0.3) is 11.4 Å². The number of hydrogen-bond donors (Lipinski definition) is 1. The van der Waals surface area contributed by atoms with Gasteiger partial charge in [-0.25, -0.2) is 4.68 Å². The number of nitrogens with zero attached hydrogens (tertiary/aromatic N) is 3. The third kappa shape index (κ3) is 4.98. The largest absolute Gasteiger partial charge is 0.435 e. The van der Waals surface area contributed by atoms with E-state index in [1.807, 2.05) is 24.3 Å². The molecule has 1 aliphatic heterocycles. The van der Waals surface area contributed by atoms with Gasteiger partial charge < -0.3 is 10.2 Å². The van der Waals surface area contributed by atoms with E-state index >= 15 is 0 Å². The molecule has 0 aliphatic carbocycles. The number of ketones is 1. The van der Waals surface area contributed by atoms with Gasteiger partial charge in [0, 0.05) is 21.2 Å². The smallest absolute Gasteiger partial charge is 0.387 e. The van der Waals surface area contributed by atoms with E-state index in [0.29, 0.717) is 26.6 Å². The average Bonchev–Trinajstić information content (AvgIpc) is 3.27. The lowest BCUT2D eigenvalue weighted by molar-refractivity contribution is -0.0498. The summed E-state index contributed by atoms with van der Waals surface area (Å²) < 4.78 is 31.1. The summed E-state index contributed by atoms with van der Waals surface area (Å²) in [6.07, 6.45) is 0. The zero-order valence-corrected chi connectivity index (χ0v) is 20.1. The second-order valence-electron chi connectivity index (χ2n) is 7.61. The van der Waals surface area contributed by atoms with Crippen LogP contribution in [0, 0.1) is 0 Å². The Morgan fingerprint density at radius 3 is 2.20 bits per heavy atom. The molecule has 3 aromatic carbocycles. The number of thioether (sulfide) groups is 1. The van der Waals surface area contributed by atoms with E-state index in [0.717, 1.165) is 11.1 Å². The number of halogens is 4. The van der Waals surface area contributed by atoms with Gasteiger partial charge in [0.15, 0.2) is 11.6 Å². The number of fused-ring (bicyclic) bond motifs is 1. The minimum absolute atomic E-state index is 0.0208. The summed E-state index contributed by atoms with van der Waals surface area (Å²) in [5, 5.41) is 9.65. The lowest BCUT2D eigenvalue weighted by Gasteiger charge is -2.33. The number of alkyl halides is 2. The van der Waals surface area contributed by atoms with Crippen LogP contribution in [0.4, 0.5) is 8.78 Å². The quantitative estimate of drug-likeness (QED) is 0.286. The van der Waals surface area contributed by atoms with Crippen LogP contribution in [0.3, 0.4) is 0 Å². The second kappa shape index (κ2) is 9.85. The third-order valence-corrected chi connectivity index (χ3v) is 7.11. The molecule has 6 nitrogen and oxygen atoms in total. The highest BCUT2D eigenvalue weighted by atomic mass is 35.5. The van der Waals surface area contributed by atoms with Gasteiger partial charge in [0.05, 0.1) is 6.04 Å². The normalized spacial score (nSPS) is 17.1. The Labute approximate surface area is 213 Å². The van der Waals surface area contributed by atoms with E-state index in [-0.39, 0.29) is 11.5 Å². The summed E-state index contributed by atoms with van der Waals surface area (Å²) in [4.78, 5) is 13.6. The average molecular weight is 533 g/mol. The van der Waals surface area contributed by atoms with E-state index in [1.165, 1.54) is 36.0 Å². The SMILES string of the molecule is O=C(c1ccc(OC(F)F)cc1)C1Sc2nnc(-c3ccc(Cl)cc3)n2NC1c1ccc(Cl)cc1. The molecule has 2 unspecified atom stereocenters. The van der Waals surface area contributed by atoms with Gasteiger partial charge in [-0.1, -0.05) is 47.1 Å². The summed E-state index contributed by atoms with van der Waals surface area (Å²) in [7, 11) is 0. The molecule has 0 radical (unpaired) electrons. The van der Waals surface area contributed by atoms with Gasteiger partial charge in [-0.15, -0.1) is 10.2 Å². The minimum atomic E-state index is -2.94. The van der Waals surface area contributed by atoms with Crippen LogP contribution >= 0.6 is 35.0 Å². The molecule has 0 saturated carbocycles. The molecule has 35 heavy (non-hydrogen) atoms. The predicted octanol–water partition coefficient (Wildman–Crippen LogP) is 6.50. The molecule has 0 bridgehead atoms. The number of hydrogen-bond acceptors (Lipinski definition) is 6. The van der Waals surface area contributed by atoms with Gasteiger partial charge in [-0.05, 0) is 66.2 Å². The Hall–Kier alpha value is -3.14. The number of rotatable bonds is 6. The fourth-order valence-corrected chi connectivity index (χ4v) is 5.14. The summed E-state index contributed by atoms with van der Waals surface area (Å²) >= 11 is 13.4. The van der Waals surface area contributed by atoms with E-state index in [1.54, 1.807) is 28.9 Å². The van der Waals surface area contributed by atoms with Crippen LogP contribution in [0.2, 0.25) is 10.0 Å². The van der Waals surface area contributed by atoms with Crippen LogP contribution in [0.1, 0.15) is 22.0 Å². The van der Waals surface area contributed by atoms with E-state index < -0.39 is 17.9 Å². The molecule has 0 saturated heterocycles. The van der Waals surface area contributed by atoms with Crippen LogP contribution in [0.15, 0.2) is 78.0 Å². The number of carbonyl (C=O) groups is 1. The van der Waals surface area contributed by atoms with Gasteiger partial charge in [0.1, 0.15) is 11.0 Å². The fraction of sp³-hybridized carbons (Fsp3) is 0.125. The molecule has 1 aliphatic rings. The van der Waals surface area contributed by atoms with Gasteiger partial charge in [-0.2, -0.15) is 8.78 Å². The van der Waals surface area contributed by atoms with Crippen molar-refractivity contribution in [2.45, 2.75) is 23.1 Å². The lowest BCUT2D eigenvalue weighted by Crippen LogP contribution is -2.39. The molecule has 5 rings (SSSR count). The fourth-order valence-electron chi connectivity index (χ4n) is 3.73. The number of carbonyl (C=O) groups excluding carboxylic acids is 1. The highest BCUT2D eigenvalue weighted by Crippen LogP contribution is 2.40. The van der Waals surface area contributed by atoms with E-state index in [9.17, 15) is 13.6 Å². The monoisotopic (exact) mass is 532 g/mol. The first-order valence-electron chi connectivity index (χ1n) is 10.4. The Balaban J connectivity index is 1.51. The van der Waals surface area contributed by atoms with Crippen molar-refractivity contribution in [1.82, 2.24) is 14.9 Å². The molecule has 1 N–H and O–H groups in total. The maximum Gasteiger partial charge on any atom is 0.387 e. The van der Waals surface area contributed by atoms with Crippen molar-refractivity contribution in [2.24, 2.45) is 0 Å². The Bertz CT molecular complexity index is 1350. The number of nitrogens with one attached hydrogen (secondary N) is 1. The maximum atomic E-state index is 13.6. The van der Waals surface area contributed by atoms with Gasteiger partial charge in [-0.3, -0.25) is 4.79 Å². The number of aromatic nitrogens is 3. The van der Waals surface area contributed by atoms with Crippen molar-refractivity contribution < 1.29 is 18.3 Å². The first-order valence-corrected chi connectivity index (χ1v) is 12.0. The lowest BCUT2D eigenvalue weighted by atomic mass is 9.97. The summed E-state index contributed by atoms with van der Waals surface area (Å²) in [6, 6.07) is 19.6. The van der Waals surface area contributed by atoms with Crippen molar-refractivity contribution in [3.8, 4) is 17.1 Å². The van der Waals surface area contributed by atoms with Crippen molar-refractivity contribution in [3.05, 3.63) is 94.0 Å². The Kier molecular flexibility index (Phi) is 6.64. The standard InChI is InChI=1S/C24H16Cl2F2N4O2S/c25-16-7-1-13(2-8-16)19-21(20(33)14-5-11-18(12-6-14)34-23(27)28)35-24-30-29-22(32(24)31-19)15-3-9-17(26)10-4-15/h1-12,19,21,23,31H. The molecule has 11 heteroatoms. The molecule has 4 aromatic rings. The van der Waals surface area contributed by atoms with Crippen molar-refractivity contribution >= 4 is 40.7 Å². The molecule has 0 fully saturated rings. The maximum absolute atomic E-state index is 13.6. The van der Waals surface area contributed by atoms with Gasteiger partial charge in [0.25, 0.3) is 0 Å². The zero-order valence-electron chi connectivity index (χ0n) is 17.7. The van der Waals surface area contributed by atoms with E-state index in [2.05, 4.69) is 20.4 Å². The van der Waals surface area contributed by atoms with Crippen LogP contribution < -0.4 is 10.2 Å². The molecule has 0 spiro atoms. The first-order chi connectivity index (χ1) is 16.9. The number of ether oxygens (including phenoxy) is 1. The predicted molar refractivity (Wildman–Crippen MR) is 131 cm³/mol. The number of benzene rings is 3. The van der Waals surface area contributed by atoms with Gasteiger partial charge >= 0.3 is 6.61 Å². The summed E-state index contributed by atoms with van der Waals surface area (Å²) in [6.45, 7) is -2.94. The molecule has 1 aromatic heterocycles. The second-order valence-corrected chi connectivity index (χ2v) is 9.59. The molecule has 2 heterocycles. The summed E-state index contributed by atoms with van der Waals surface area (Å²) in [5.41, 5.74) is 5.37. The Morgan fingerprint density at radius 1 is 0.943 bits per heavy atom. The van der Waals surface area contributed by atoms with Crippen molar-refractivity contribution in [1.29, 1.82) is 0 Å². The highest BCUT2D eigenvalue weighted by Gasteiger charge is 2.38. The molecule has 2 atom stereocenters. The number of Topliss-reactive ketones (excluding diaryl/α,β-unsaturated/α-hetero) is 1. The van der Waals surface area contributed by atoms with Crippen molar-refractivity contribution in [3.63, 3.8) is 0 Å². The zero-order chi connectivity index (χ0) is 24.5. The molecular formula is C24H16Cl2F2N4O2S. The third-order valence-electron chi connectivity index (χ3n) is 5.39. The molecular weight excluding hydrogens is 517 g/mol. The van der Waals surface area contributed by atoms with Gasteiger partial charge in [0.2, 0.25) is 5.16 Å². The van der Waals surface area contributed by atoms with Crippen molar-refractivity contribution in [2.75, 3.05) is 5.43 Å². The van der Waals surface area contributed by atoms with Crippen LogP contribution in [0.5, 0.6) is 5.75 Å². The van der Waals surface area contributed by atoms with Crippen LogP contribution in [-0.2, 0) is 0 Å².